The number of aromatic nitrogens is 2. The van der Waals surface area contributed by atoms with Gasteiger partial charge in [-0.05, 0) is 66.0 Å². The predicted octanol–water partition coefficient (Wildman–Crippen LogP) is 4.67. The topological polar surface area (TPSA) is 90.4 Å². The van der Waals surface area contributed by atoms with Gasteiger partial charge in [0, 0.05) is 35.9 Å². The van der Waals surface area contributed by atoms with E-state index in [2.05, 4.69) is 32.4 Å². The minimum Gasteiger partial charge on any atom is -0.393 e. The number of nitrogens with zero attached hydrogens (tertiary/aromatic N) is 3. The number of rotatable bonds is 6. The van der Waals surface area contributed by atoms with Crippen LogP contribution in [-0.2, 0) is 12.7 Å². The summed E-state index contributed by atoms with van der Waals surface area (Å²) in [5, 5.41) is 15.4. The van der Waals surface area contributed by atoms with Crippen LogP contribution in [0.15, 0.2) is 12.3 Å². The SMILES string of the molecule is C[C@H]1CCCN1Cc1nc(C(=O)NC2CC(O)C2)sc1-c1cnc(NC(C)(C)C)cc1C(F)(F)F. The normalized spacial score (nSPS) is 23.3. The molecule has 3 heterocycles. The first-order valence-corrected chi connectivity index (χ1v) is 12.7. The van der Waals surface area contributed by atoms with Crippen molar-refractivity contribution in [2.45, 2.75) is 89.8 Å². The molecule has 2 aromatic rings. The summed E-state index contributed by atoms with van der Waals surface area (Å²) in [5.41, 5.74) is -0.896. The van der Waals surface area contributed by atoms with Crippen molar-refractivity contribution in [1.82, 2.24) is 20.2 Å². The summed E-state index contributed by atoms with van der Waals surface area (Å²) >= 11 is 0.959. The Balaban J connectivity index is 1.73. The molecule has 2 fully saturated rings. The highest BCUT2D eigenvalue weighted by Crippen LogP contribution is 2.42. The van der Waals surface area contributed by atoms with Crippen LogP contribution in [0, 0.1) is 0 Å². The number of aliphatic hydroxyl groups excluding tert-OH is 1. The van der Waals surface area contributed by atoms with Gasteiger partial charge in [-0.3, -0.25) is 9.69 Å². The van der Waals surface area contributed by atoms with Crippen LogP contribution in [0.5, 0.6) is 0 Å². The molecule has 1 saturated heterocycles. The van der Waals surface area contributed by atoms with E-state index in [0.717, 1.165) is 36.8 Å². The highest BCUT2D eigenvalue weighted by atomic mass is 32.1. The Kier molecular flexibility index (Phi) is 7.14. The van der Waals surface area contributed by atoms with E-state index < -0.39 is 29.3 Å². The molecule has 35 heavy (non-hydrogen) atoms. The Morgan fingerprint density at radius 2 is 2.00 bits per heavy atom. The second-order valence-corrected chi connectivity index (χ2v) is 11.5. The molecule has 0 unspecified atom stereocenters. The van der Waals surface area contributed by atoms with Gasteiger partial charge in [-0.15, -0.1) is 11.3 Å². The molecule has 192 valence electrons. The molecule has 1 aliphatic heterocycles. The van der Waals surface area contributed by atoms with E-state index in [1.54, 1.807) is 0 Å². The average molecular weight is 512 g/mol. The number of amides is 1. The average Bonchev–Trinajstić information content (AvgIpc) is 3.32. The number of thiazole rings is 1. The highest BCUT2D eigenvalue weighted by molar-refractivity contribution is 7.17. The zero-order valence-electron chi connectivity index (χ0n) is 20.4. The lowest BCUT2D eigenvalue weighted by atomic mass is 9.89. The Morgan fingerprint density at radius 3 is 2.57 bits per heavy atom. The van der Waals surface area contributed by atoms with Gasteiger partial charge in [0.1, 0.15) is 5.82 Å². The van der Waals surface area contributed by atoms with Crippen LogP contribution < -0.4 is 10.6 Å². The fourth-order valence-corrected chi connectivity index (χ4v) is 5.46. The van der Waals surface area contributed by atoms with Gasteiger partial charge in [-0.1, -0.05) is 0 Å². The molecule has 0 aromatic carbocycles. The van der Waals surface area contributed by atoms with E-state index in [-0.39, 0.29) is 28.5 Å². The smallest absolute Gasteiger partial charge is 0.393 e. The quantitative estimate of drug-likeness (QED) is 0.522. The van der Waals surface area contributed by atoms with Gasteiger partial charge < -0.3 is 15.7 Å². The maximum Gasteiger partial charge on any atom is 0.417 e. The number of hydrogen-bond acceptors (Lipinski definition) is 7. The summed E-state index contributed by atoms with van der Waals surface area (Å²) < 4.78 is 42.6. The molecule has 2 aliphatic rings. The van der Waals surface area contributed by atoms with Crippen molar-refractivity contribution in [2.24, 2.45) is 0 Å². The number of pyridine rings is 1. The summed E-state index contributed by atoms with van der Waals surface area (Å²) in [6.45, 7) is 8.82. The molecule has 2 aromatic heterocycles. The lowest BCUT2D eigenvalue weighted by molar-refractivity contribution is -0.137. The lowest BCUT2D eigenvalue weighted by Gasteiger charge is -2.31. The number of halogens is 3. The van der Waals surface area contributed by atoms with Gasteiger partial charge in [-0.2, -0.15) is 13.2 Å². The van der Waals surface area contributed by atoms with E-state index in [1.807, 2.05) is 20.8 Å². The van der Waals surface area contributed by atoms with E-state index in [4.69, 9.17) is 0 Å². The third-order valence-electron chi connectivity index (χ3n) is 6.34. The summed E-state index contributed by atoms with van der Waals surface area (Å²) in [6.07, 6.45) is -0.858. The number of hydrogen-bond donors (Lipinski definition) is 3. The molecule has 0 radical (unpaired) electrons. The second kappa shape index (κ2) is 9.67. The van der Waals surface area contributed by atoms with Gasteiger partial charge in [-0.25, -0.2) is 9.97 Å². The Hall–Kier alpha value is -2.24. The summed E-state index contributed by atoms with van der Waals surface area (Å²) in [7, 11) is 0. The molecular weight excluding hydrogens is 479 g/mol. The number of alkyl halides is 3. The van der Waals surface area contributed by atoms with Gasteiger partial charge in [0.15, 0.2) is 5.01 Å². The molecule has 1 aliphatic carbocycles. The summed E-state index contributed by atoms with van der Waals surface area (Å²) in [5.74, 6) is -0.296. The predicted molar refractivity (Wildman–Crippen MR) is 129 cm³/mol. The first-order chi connectivity index (χ1) is 16.3. The number of carbonyl (C=O) groups is 1. The third-order valence-corrected chi connectivity index (χ3v) is 7.47. The Labute approximate surface area is 207 Å². The van der Waals surface area contributed by atoms with Crippen LogP contribution in [0.3, 0.4) is 0 Å². The van der Waals surface area contributed by atoms with E-state index in [0.29, 0.717) is 30.0 Å². The molecule has 1 atom stereocenters. The van der Waals surface area contributed by atoms with Crippen molar-refractivity contribution >= 4 is 23.1 Å². The molecular formula is C24H32F3N5O2S. The van der Waals surface area contributed by atoms with Crippen molar-refractivity contribution in [2.75, 3.05) is 11.9 Å². The first kappa shape index (κ1) is 25.8. The maximum atomic E-state index is 14.2. The number of anilines is 1. The van der Waals surface area contributed by atoms with Crippen molar-refractivity contribution in [3.63, 3.8) is 0 Å². The minimum absolute atomic E-state index is 0.0746. The van der Waals surface area contributed by atoms with Gasteiger partial charge >= 0.3 is 6.18 Å². The van der Waals surface area contributed by atoms with E-state index >= 15 is 0 Å². The van der Waals surface area contributed by atoms with Crippen LogP contribution in [0.4, 0.5) is 19.0 Å². The maximum absolute atomic E-state index is 14.2. The molecule has 7 nitrogen and oxygen atoms in total. The van der Waals surface area contributed by atoms with Crippen LogP contribution in [0.2, 0.25) is 0 Å². The minimum atomic E-state index is -4.61. The zero-order valence-corrected chi connectivity index (χ0v) is 21.2. The van der Waals surface area contributed by atoms with E-state index in [9.17, 15) is 23.1 Å². The molecule has 0 bridgehead atoms. The summed E-state index contributed by atoms with van der Waals surface area (Å²) in [4.78, 5) is 24.1. The fraction of sp³-hybridized carbons (Fsp3) is 0.625. The van der Waals surface area contributed by atoms with Gasteiger partial charge in [0.2, 0.25) is 0 Å². The number of likely N-dealkylation sites (tertiary alicyclic amines) is 1. The highest BCUT2D eigenvalue weighted by Gasteiger charge is 2.37. The van der Waals surface area contributed by atoms with Crippen molar-refractivity contribution in [1.29, 1.82) is 0 Å². The number of aliphatic hydroxyl groups is 1. The number of carbonyl (C=O) groups excluding carboxylic acids is 1. The number of nitrogens with one attached hydrogen (secondary N) is 2. The van der Waals surface area contributed by atoms with Gasteiger partial charge in [0.05, 0.1) is 22.2 Å². The van der Waals surface area contributed by atoms with Crippen LogP contribution >= 0.6 is 11.3 Å². The molecule has 1 amide bonds. The summed E-state index contributed by atoms with van der Waals surface area (Å²) in [6, 6.07) is 1.16. The Morgan fingerprint density at radius 1 is 1.29 bits per heavy atom. The van der Waals surface area contributed by atoms with Crippen LogP contribution in [-0.4, -0.2) is 56.2 Å². The first-order valence-electron chi connectivity index (χ1n) is 11.9. The van der Waals surface area contributed by atoms with Crippen LogP contribution in [0.25, 0.3) is 10.4 Å². The second-order valence-electron chi connectivity index (χ2n) is 10.5. The Bertz CT molecular complexity index is 1080. The van der Waals surface area contributed by atoms with Gasteiger partial charge in [0.25, 0.3) is 5.91 Å². The van der Waals surface area contributed by atoms with Crippen molar-refractivity contribution < 1.29 is 23.1 Å². The van der Waals surface area contributed by atoms with Crippen LogP contribution in [0.1, 0.15) is 74.4 Å². The molecule has 3 N–H and O–H groups in total. The third kappa shape index (κ3) is 6.13. The standard InChI is InChI=1S/C24H32F3N5O2S/c1-13-6-5-7-32(13)12-18-20(35-22(30-18)21(34)29-14-8-15(33)9-14)16-11-28-19(31-23(2,3)4)10-17(16)24(25,26)27/h10-11,13-15,33H,5-9,12H2,1-4H3,(H,28,31)(H,29,34)/t13-,14?,15?/m0/s1. The molecule has 11 heteroatoms. The zero-order chi connectivity index (χ0) is 25.5. The molecule has 4 rings (SSSR count). The largest absolute Gasteiger partial charge is 0.417 e. The lowest BCUT2D eigenvalue weighted by Crippen LogP contribution is -2.46. The fourth-order valence-electron chi connectivity index (χ4n) is 4.46. The monoisotopic (exact) mass is 511 g/mol. The van der Waals surface area contributed by atoms with E-state index in [1.165, 1.54) is 6.20 Å². The molecule has 0 spiro atoms. The molecule has 1 saturated carbocycles. The van der Waals surface area contributed by atoms with Crippen molar-refractivity contribution in [3.05, 3.63) is 28.5 Å². The van der Waals surface area contributed by atoms with Crippen molar-refractivity contribution in [3.8, 4) is 10.4 Å².